The highest BCUT2D eigenvalue weighted by Gasteiger charge is 2.28. The molecule has 2 aliphatic heterocycles. The van der Waals surface area contributed by atoms with Gasteiger partial charge in [-0.25, -0.2) is 8.42 Å². The molecule has 2 saturated heterocycles. The zero-order valence-corrected chi connectivity index (χ0v) is 20.7. The van der Waals surface area contributed by atoms with Crippen LogP contribution in [0.2, 0.25) is 0 Å². The lowest BCUT2D eigenvalue weighted by Gasteiger charge is -2.31. The van der Waals surface area contributed by atoms with Gasteiger partial charge in [0.1, 0.15) is 0 Å². The fourth-order valence-electron chi connectivity index (χ4n) is 4.81. The number of ether oxygens (including phenoxy) is 1. The zero-order valence-electron chi connectivity index (χ0n) is 19.9. The van der Waals surface area contributed by atoms with Crippen molar-refractivity contribution in [3.05, 3.63) is 59.8 Å². The molecule has 0 radical (unpaired) electrons. The Morgan fingerprint density at radius 3 is 2.49 bits per heavy atom. The van der Waals surface area contributed by atoms with Crippen molar-refractivity contribution in [3.8, 4) is 0 Å². The van der Waals surface area contributed by atoms with E-state index in [-0.39, 0.29) is 10.8 Å². The monoisotopic (exact) mass is 494 g/mol. The van der Waals surface area contributed by atoms with E-state index >= 15 is 0 Å². The average Bonchev–Trinajstić information content (AvgIpc) is 2.89. The van der Waals surface area contributed by atoms with Gasteiger partial charge in [0.15, 0.2) is 0 Å². The molecule has 0 atom stereocenters. The Bertz CT molecular complexity index is 1350. The average molecular weight is 495 g/mol. The minimum Gasteiger partial charge on any atom is -0.379 e. The molecule has 184 valence electrons. The van der Waals surface area contributed by atoms with Gasteiger partial charge in [0.25, 0.3) is 5.91 Å². The highest BCUT2D eigenvalue weighted by Crippen LogP contribution is 2.33. The lowest BCUT2D eigenvalue weighted by atomic mass is 10.1. The molecule has 0 aliphatic carbocycles. The van der Waals surface area contributed by atoms with Gasteiger partial charge >= 0.3 is 0 Å². The number of para-hydroxylation sites is 1. The van der Waals surface area contributed by atoms with Crippen LogP contribution in [0.15, 0.2) is 53.4 Å². The second-order valence-corrected chi connectivity index (χ2v) is 11.0. The minimum atomic E-state index is -3.70. The molecule has 5 rings (SSSR count). The third-order valence-corrected chi connectivity index (χ3v) is 8.50. The van der Waals surface area contributed by atoms with Crippen molar-refractivity contribution in [2.75, 3.05) is 49.6 Å². The van der Waals surface area contributed by atoms with Crippen LogP contribution in [-0.4, -0.2) is 63.0 Å². The summed E-state index contributed by atoms with van der Waals surface area (Å²) in [5, 5.41) is 3.80. The van der Waals surface area contributed by atoms with Gasteiger partial charge in [-0.2, -0.15) is 4.31 Å². The number of fused-ring (bicyclic) bond motifs is 1. The Hall–Kier alpha value is -3.01. The normalized spacial score (nSPS) is 17.5. The Balaban J connectivity index is 1.54. The molecule has 0 spiro atoms. The number of anilines is 2. The Labute approximate surface area is 205 Å². The van der Waals surface area contributed by atoms with E-state index in [2.05, 4.69) is 15.2 Å². The molecule has 0 bridgehead atoms. The molecule has 35 heavy (non-hydrogen) atoms. The summed E-state index contributed by atoms with van der Waals surface area (Å²) in [4.78, 5) is 20.5. The number of rotatable bonds is 5. The third-order valence-electron chi connectivity index (χ3n) is 6.61. The standard InChI is InChI=1S/C26H30N4O4S/c1-19-17-22(21-7-3-4-8-23(21)27-19)26(31)28-24-18-20(35(32,33)30-13-15-34-16-14-30)9-10-25(24)29-11-5-2-6-12-29/h3-4,7-10,17-18H,2,5-6,11-16H2,1H3,(H,28,31). The number of hydrogen-bond donors (Lipinski definition) is 1. The lowest BCUT2D eigenvalue weighted by molar-refractivity contribution is 0.0730. The first-order valence-electron chi connectivity index (χ1n) is 12.1. The number of benzene rings is 2. The molecular weight excluding hydrogens is 464 g/mol. The number of nitrogens with one attached hydrogen (secondary N) is 1. The Morgan fingerprint density at radius 1 is 0.971 bits per heavy atom. The number of aromatic nitrogens is 1. The number of carbonyl (C=O) groups excluding carboxylic acids is 1. The van der Waals surface area contributed by atoms with Crippen molar-refractivity contribution in [1.29, 1.82) is 0 Å². The molecule has 0 unspecified atom stereocenters. The molecule has 1 aromatic heterocycles. The molecule has 2 fully saturated rings. The summed E-state index contributed by atoms with van der Waals surface area (Å²) in [5.41, 5.74) is 3.35. The topological polar surface area (TPSA) is 91.8 Å². The van der Waals surface area contributed by atoms with E-state index in [9.17, 15) is 13.2 Å². The van der Waals surface area contributed by atoms with Crippen LogP contribution in [0.4, 0.5) is 11.4 Å². The summed E-state index contributed by atoms with van der Waals surface area (Å²) in [7, 11) is -3.70. The van der Waals surface area contributed by atoms with Crippen LogP contribution in [0, 0.1) is 6.92 Å². The summed E-state index contributed by atoms with van der Waals surface area (Å²) in [6.07, 6.45) is 3.30. The van der Waals surface area contributed by atoms with E-state index in [1.54, 1.807) is 18.2 Å². The van der Waals surface area contributed by atoms with Crippen molar-refractivity contribution in [2.24, 2.45) is 0 Å². The lowest BCUT2D eigenvalue weighted by Crippen LogP contribution is -2.40. The molecule has 2 aliphatic rings. The van der Waals surface area contributed by atoms with Crippen molar-refractivity contribution in [1.82, 2.24) is 9.29 Å². The molecule has 3 heterocycles. The van der Waals surface area contributed by atoms with Gasteiger partial charge in [-0.15, -0.1) is 0 Å². The fraction of sp³-hybridized carbons (Fsp3) is 0.385. The predicted octanol–water partition coefficient (Wildman–Crippen LogP) is 3.81. The van der Waals surface area contributed by atoms with Gasteiger partial charge in [-0.1, -0.05) is 18.2 Å². The summed E-state index contributed by atoms with van der Waals surface area (Å²) in [6, 6.07) is 14.4. The van der Waals surface area contributed by atoms with Crippen molar-refractivity contribution >= 4 is 38.2 Å². The SMILES string of the molecule is Cc1cc(C(=O)Nc2cc(S(=O)(=O)N3CCOCC3)ccc2N2CCCCC2)c2ccccc2n1. The van der Waals surface area contributed by atoms with Crippen molar-refractivity contribution in [2.45, 2.75) is 31.1 Å². The van der Waals surface area contributed by atoms with Crippen LogP contribution >= 0.6 is 0 Å². The number of nitrogens with zero attached hydrogens (tertiary/aromatic N) is 3. The van der Waals surface area contributed by atoms with E-state index in [0.29, 0.717) is 37.6 Å². The van der Waals surface area contributed by atoms with Gasteiger partial charge in [0.2, 0.25) is 10.0 Å². The quantitative estimate of drug-likeness (QED) is 0.580. The highest BCUT2D eigenvalue weighted by molar-refractivity contribution is 7.89. The molecule has 0 saturated carbocycles. The number of carbonyl (C=O) groups is 1. The van der Waals surface area contributed by atoms with Crippen LogP contribution < -0.4 is 10.2 Å². The maximum Gasteiger partial charge on any atom is 0.256 e. The number of sulfonamides is 1. The molecule has 1 amide bonds. The Kier molecular flexibility index (Phi) is 6.73. The van der Waals surface area contributed by atoms with E-state index in [4.69, 9.17) is 4.74 Å². The summed E-state index contributed by atoms with van der Waals surface area (Å²) < 4.78 is 33.4. The van der Waals surface area contributed by atoms with E-state index in [1.165, 1.54) is 10.7 Å². The van der Waals surface area contributed by atoms with Gasteiger partial charge in [-0.3, -0.25) is 9.78 Å². The maximum atomic E-state index is 13.5. The van der Waals surface area contributed by atoms with Gasteiger partial charge in [-0.05, 0) is 56.5 Å². The fourth-order valence-corrected chi connectivity index (χ4v) is 6.24. The summed E-state index contributed by atoms with van der Waals surface area (Å²) in [5.74, 6) is -0.286. The summed E-state index contributed by atoms with van der Waals surface area (Å²) in [6.45, 7) is 5.00. The van der Waals surface area contributed by atoms with Gasteiger partial charge < -0.3 is 15.0 Å². The first-order chi connectivity index (χ1) is 16.9. The zero-order chi connectivity index (χ0) is 24.4. The molecule has 3 aromatic rings. The molecule has 8 nitrogen and oxygen atoms in total. The second-order valence-electron chi connectivity index (χ2n) is 9.03. The predicted molar refractivity (Wildman–Crippen MR) is 137 cm³/mol. The largest absolute Gasteiger partial charge is 0.379 e. The van der Waals surface area contributed by atoms with Crippen LogP contribution in [0.1, 0.15) is 35.3 Å². The van der Waals surface area contributed by atoms with Gasteiger partial charge in [0.05, 0.1) is 40.6 Å². The number of aryl methyl sites for hydroxylation is 1. The molecule has 9 heteroatoms. The smallest absolute Gasteiger partial charge is 0.256 e. The number of morpholine rings is 1. The number of piperidine rings is 1. The van der Waals surface area contributed by atoms with Crippen LogP contribution in [0.25, 0.3) is 10.9 Å². The van der Waals surface area contributed by atoms with Crippen molar-refractivity contribution < 1.29 is 17.9 Å². The third kappa shape index (κ3) is 4.89. The second kappa shape index (κ2) is 9.93. The first-order valence-corrected chi connectivity index (χ1v) is 13.5. The highest BCUT2D eigenvalue weighted by atomic mass is 32.2. The van der Waals surface area contributed by atoms with Crippen LogP contribution in [0.3, 0.4) is 0 Å². The first kappa shape index (κ1) is 23.7. The minimum absolute atomic E-state index is 0.172. The van der Waals surface area contributed by atoms with E-state index in [1.807, 2.05) is 37.3 Å². The number of pyridine rings is 1. The van der Waals surface area contributed by atoms with E-state index < -0.39 is 10.0 Å². The van der Waals surface area contributed by atoms with Gasteiger partial charge in [0, 0.05) is 37.3 Å². The van der Waals surface area contributed by atoms with Crippen LogP contribution in [0.5, 0.6) is 0 Å². The number of hydrogen-bond acceptors (Lipinski definition) is 6. The molecule has 2 aromatic carbocycles. The summed E-state index contributed by atoms with van der Waals surface area (Å²) >= 11 is 0. The molecular formula is C26H30N4O4S. The van der Waals surface area contributed by atoms with E-state index in [0.717, 1.165) is 48.2 Å². The molecule has 1 N–H and O–H groups in total. The maximum absolute atomic E-state index is 13.5. The Morgan fingerprint density at radius 2 is 1.71 bits per heavy atom. The van der Waals surface area contributed by atoms with Crippen LogP contribution in [-0.2, 0) is 14.8 Å². The number of amides is 1. The van der Waals surface area contributed by atoms with Crippen molar-refractivity contribution in [3.63, 3.8) is 0 Å².